The van der Waals surface area contributed by atoms with E-state index in [0.29, 0.717) is 11.3 Å². The van der Waals surface area contributed by atoms with Crippen LogP contribution in [0.5, 0.6) is 0 Å². The van der Waals surface area contributed by atoms with Crippen LogP contribution in [0.2, 0.25) is 0 Å². The number of nitrogens with zero attached hydrogens (tertiary/aromatic N) is 3. The van der Waals surface area contributed by atoms with Crippen molar-refractivity contribution in [3.8, 4) is 6.07 Å². The lowest BCUT2D eigenvalue weighted by molar-refractivity contribution is -0.144. The lowest BCUT2D eigenvalue weighted by Crippen LogP contribution is -2.14. The number of benzene rings is 1. The van der Waals surface area contributed by atoms with Gasteiger partial charge in [-0.25, -0.2) is 9.97 Å². The monoisotopic (exact) mass is 382 g/mol. The molecule has 27 heavy (non-hydrogen) atoms. The predicted molar refractivity (Wildman–Crippen MR) is 84.0 cm³/mol. The molecule has 1 N–H and O–H groups in total. The zero-order valence-corrected chi connectivity index (χ0v) is 13.2. The van der Waals surface area contributed by atoms with Crippen molar-refractivity contribution in [3.05, 3.63) is 59.3 Å². The molecule has 10 heteroatoms. The quantitative estimate of drug-likeness (QED) is 0.613. The van der Waals surface area contributed by atoms with Gasteiger partial charge >= 0.3 is 12.4 Å². The maximum absolute atomic E-state index is 13.1. The summed E-state index contributed by atoms with van der Waals surface area (Å²) < 4.78 is 78.1. The van der Waals surface area contributed by atoms with Gasteiger partial charge in [0.1, 0.15) is 11.5 Å². The minimum Gasteiger partial charge on any atom is -0.340 e. The van der Waals surface area contributed by atoms with Crippen LogP contribution in [0.1, 0.15) is 16.8 Å². The molecular formula is C17H8F6N4. The Morgan fingerprint density at radius 1 is 0.852 bits per heavy atom. The lowest BCUT2D eigenvalue weighted by atomic mass is 10.1. The fourth-order valence-electron chi connectivity index (χ4n) is 2.33. The molecule has 0 atom stereocenters. The predicted octanol–water partition coefficient (Wildman–Crippen LogP) is 5.28. The van der Waals surface area contributed by atoms with Crippen molar-refractivity contribution in [2.45, 2.75) is 12.4 Å². The van der Waals surface area contributed by atoms with Crippen LogP contribution >= 0.6 is 0 Å². The Kier molecular flexibility index (Phi) is 4.39. The minimum atomic E-state index is -5.05. The Bertz CT molecular complexity index is 1030. The molecule has 2 heterocycles. The second kappa shape index (κ2) is 6.42. The van der Waals surface area contributed by atoms with Crippen molar-refractivity contribution < 1.29 is 26.3 Å². The van der Waals surface area contributed by atoms with Gasteiger partial charge in [-0.05, 0) is 42.5 Å². The van der Waals surface area contributed by atoms with Crippen LogP contribution < -0.4 is 5.32 Å². The van der Waals surface area contributed by atoms with Gasteiger partial charge in [0.05, 0.1) is 17.2 Å². The van der Waals surface area contributed by atoms with Crippen molar-refractivity contribution >= 4 is 22.5 Å². The summed E-state index contributed by atoms with van der Waals surface area (Å²) in [6.45, 7) is 0. The number of nitriles is 1. The summed E-state index contributed by atoms with van der Waals surface area (Å²) in [5, 5.41) is 10.9. The van der Waals surface area contributed by atoms with E-state index in [1.54, 1.807) is 0 Å². The van der Waals surface area contributed by atoms with Crippen molar-refractivity contribution in [2.75, 3.05) is 5.32 Å². The highest BCUT2D eigenvalue weighted by Gasteiger charge is 2.39. The summed E-state index contributed by atoms with van der Waals surface area (Å²) in [7, 11) is 0. The second-order valence-corrected chi connectivity index (χ2v) is 5.43. The Labute approximate surface area is 148 Å². The number of halogens is 6. The zero-order chi connectivity index (χ0) is 19.8. The Morgan fingerprint density at radius 2 is 1.52 bits per heavy atom. The van der Waals surface area contributed by atoms with Gasteiger partial charge in [-0.1, -0.05) is 0 Å². The summed E-state index contributed by atoms with van der Waals surface area (Å²) in [5.74, 6) is 0.00663. The molecule has 138 valence electrons. The average Bonchev–Trinajstić information content (AvgIpc) is 2.59. The van der Waals surface area contributed by atoms with Crippen LogP contribution in [0.4, 0.5) is 37.8 Å². The van der Waals surface area contributed by atoms with E-state index in [2.05, 4.69) is 15.3 Å². The summed E-state index contributed by atoms with van der Waals surface area (Å²) in [4.78, 5) is 7.01. The Balaban J connectivity index is 2.08. The number of hydrogen-bond donors (Lipinski definition) is 1. The maximum atomic E-state index is 13.1. The molecule has 0 radical (unpaired) electrons. The zero-order valence-electron chi connectivity index (χ0n) is 13.2. The van der Waals surface area contributed by atoms with Crippen molar-refractivity contribution in [1.29, 1.82) is 5.26 Å². The van der Waals surface area contributed by atoms with Gasteiger partial charge in [0.25, 0.3) is 0 Å². The van der Waals surface area contributed by atoms with Gasteiger partial charge in [-0.15, -0.1) is 0 Å². The molecule has 0 bridgehead atoms. The van der Waals surface area contributed by atoms with Crippen LogP contribution in [-0.2, 0) is 12.4 Å². The number of aromatic nitrogens is 2. The number of fused-ring (bicyclic) bond motifs is 1. The summed E-state index contributed by atoms with van der Waals surface area (Å²) >= 11 is 0. The molecule has 0 fully saturated rings. The number of nitrogens with one attached hydrogen (secondary N) is 1. The van der Waals surface area contributed by atoms with Gasteiger partial charge in [0.2, 0.25) is 0 Å². The van der Waals surface area contributed by atoms with Crippen LogP contribution in [0, 0.1) is 11.3 Å². The van der Waals surface area contributed by atoms with Gasteiger partial charge in [0, 0.05) is 11.1 Å². The first kappa shape index (κ1) is 18.4. The lowest BCUT2D eigenvalue weighted by Gasteiger charge is -2.14. The Hall–Kier alpha value is -3.35. The number of hydrogen-bond acceptors (Lipinski definition) is 4. The molecule has 3 aromatic rings. The third-order valence-electron chi connectivity index (χ3n) is 3.55. The van der Waals surface area contributed by atoms with Crippen molar-refractivity contribution in [2.24, 2.45) is 0 Å². The third-order valence-corrected chi connectivity index (χ3v) is 3.55. The van der Waals surface area contributed by atoms with E-state index in [9.17, 15) is 26.3 Å². The molecule has 0 saturated carbocycles. The SMILES string of the molecule is N#Cc1ccc(Nc2ccc3c(C(F)(F)F)cc(C(F)(F)F)nc3n2)cc1. The van der Waals surface area contributed by atoms with Crippen LogP contribution in [0.3, 0.4) is 0 Å². The molecule has 0 unspecified atom stereocenters. The number of alkyl halides is 6. The smallest absolute Gasteiger partial charge is 0.340 e. The highest BCUT2D eigenvalue weighted by Crippen LogP contribution is 2.38. The Morgan fingerprint density at radius 3 is 2.07 bits per heavy atom. The number of anilines is 2. The van der Waals surface area contributed by atoms with E-state index in [-0.39, 0.29) is 11.9 Å². The molecular weight excluding hydrogens is 374 g/mol. The van der Waals surface area contributed by atoms with Crippen molar-refractivity contribution in [3.63, 3.8) is 0 Å². The molecule has 2 aromatic heterocycles. The molecule has 0 amide bonds. The highest BCUT2D eigenvalue weighted by atomic mass is 19.4. The van der Waals surface area contributed by atoms with E-state index in [4.69, 9.17) is 5.26 Å². The largest absolute Gasteiger partial charge is 0.433 e. The van der Waals surface area contributed by atoms with Gasteiger partial charge < -0.3 is 5.32 Å². The van der Waals surface area contributed by atoms with E-state index in [1.807, 2.05) is 6.07 Å². The summed E-state index contributed by atoms with van der Waals surface area (Å²) in [6, 6.07) is 10.1. The standard InChI is InChI=1S/C17H8F6N4/c18-16(19,20)12-7-13(17(21,22)23)26-15-11(12)5-6-14(27-15)25-10-3-1-9(8-24)2-4-10/h1-7H,(H,25,26,27). The van der Waals surface area contributed by atoms with E-state index >= 15 is 0 Å². The van der Waals surface area contributed by atoms with Gasteiger partial charge in [-0.3, -0.25) is 0 Å². The number of pyridine rings is 2. The fraction of sp³-hybridized carbons (Fsp3) is 0.118. The molecule has 4 nitrogen and oxygen atoms in total. The third kappa shape index (κ3) is 3.92. The second-order valence-electron chi connectivity index (χ2n) is 5.43. The van der Waals surface area contributed by atoms with E-state index < -0.39 is 34.6 Å². The van der Waals surface area contributed by atoms with E-state index in [1.165, 1.54) is 30.3 Å². The molecule has 3 rings (SSSR count). The normalized spacial score (nSPS) is 12.0. The van der Waals surface area contributed by atoms with Crippen LogP contribution in [0.25, 0.3) is 11.0 Å². The number of rotatable bonds is 2. The van der Waals surface area contributed by atoms with E-state index in [0.717, 1.165) is 6.07 Å². The summed E-state index contributed by atoms with van der Waals surface area (Å²) in [5.41, 5.74) is -2.99. The molecule has 1 aromatic carbocycles. The summed E-state index contributed by atoms with van der Waals surface area (Å²) in [6.07, 6.45) is -10.0. The first-order valence-corrected chi connectivity index (χ1v) is 7.31. The minimum absolute atomic E-state index is 0.00663. The van der Waals surface area contributed by atoms with Gasteiger partial charge in [-0.2, -0.15) is 31.6 Å². The molecule has 0 saturated heterocycles. The first-order valence-electron chi connectivity index (χ1n) is 7.31. The molecule has 0 aliphatic heterocycles. The van der Waals surface area contributed by atoms with Crippen molar-refractivity contribution in [1.82, 2.24) is 9.97 Å². The van der Waals surface area contributed by atoms with Crippen LogP contribution in [-0.4, -0.2) is 9.97 Å². The van der Waals surface area contributed by atoms with Gasteiger partial charge in [0.15, 0.2) is 5.65 Å². The maximum Gasteiger partial charge on any atom is 0.433 e. The molecule has 0 aliphatic rings. The topological polar surface area (TPSA) is 61.6 Å². The fourth-order valence-corrected chi connectivity index (χ4v) is 2.33. The molecule has 0 aliphatic carbocycles. The first-order chi connectivity index (χ1) is 12.6. The highest BCUT2D eigenvalue weighted by molar-refractivity contribution is 5.82. The van der Waals surface area contributed by atoms with Crippen LogP contribution in [0.15, 0.2) is 42.5 Å². The average molecular weight is 382 g/mol. The molecule has 0 spiro atoms.